The van der Waals surface area contributed by atoms with E-state index in [1.165, 1.54) is 12.1 Å². The fourth-order valence-corrected chi connectivity index (χ4v) is 3.07. The lowest BCUT2D eigenvalue weighted by Gasteiger charge is -2.42. The van der Waals surface area contributed by atoms with Crippen LogP contribution in [0.5, 0.6) is 0 Å². The Hall–Kier alpha value is -0.930. The molecule has 1 aliphatic carbocycles. The molecule has 1 atom stereocenters. The van der Waals surface area contributed by atoms with Gasteiger partial charge < -0.3 is 9.84 Å². The Morgan fingerprint density at radius 1 is 1.37 bits per heavy atom. The number of aliphatic hydroxyl groups excluding tert-OH is 1. The lowest BCUT2D eigenvalue weighted by atomic mass is 9.74. The van der Waals surface area contributed by atoms with Gasteiger partial charge in [-0.3, -0.25) is 0 Å². The van der Waals surface area contributed by atoms with Crippen molar-refractivity contribution >= 4 is 0 Å². The first-order valence-corrected chi connectivity index (χ1v) is 6.98. The summed E-state index contributed by atoms with van der Waals surface area (Å²) >= 11 is 0. The van der Waals surface area contributed by atoms with E-state index in [1.54, 1.807) is 13.2 Å². The summed E-state index contributed by atoms with van der Waals surface area (Å²) in [5.41, 5.74) is 1.04. The summed E-state index contributed by atoms with van der Waals surface area (Å²) in [7, 11) is 1.66. The van der Waals surface area contributed by atoms with Gasteiger partial charge in [0.2, 0.25) is 0 Å². The second kappa shape index (κ2) is 5.59. The Labute approximate surface area is 114 Å². The maximum atomic E-state index is 13.2. The quantitative estimate of drug-likeness (QED) is 0.902. The normalized spacial score (nSPS) is 29.2. The van der Waals surface area contributed by atoms with Crippen LogP contribution >= 0.6 is 0 Å². The second-order valence-corrected chi connectivity index (χ2v) is 5.85. The Balaban J connectivity index is 2.27. The Morgan fingerprint density at radius 3 is 2.53 bits per heavy atom. The molecule has 0 heterocycles. The highest BCUT2D eigenvalue weighted by atomic mass is 19.1. The molecule has 2 nitrogen and oxygen atoms in total. The highest BCUT2D eigenvalue weighted by Gasteiger charge is 2.41. The lowest BCUT2D eigenvalue weighted by Crippen LogP contribution is -2.42. The van der Waals surface area contributed by atoms with Crippen molar-refractivity contribution in [2.45, 2.75) is 51.2 Å². The average molecular weight is 266 g/mol. The van der Waals surface area contributed by atoms with Crippen molar-refractivity contribution in [2.24, 2.45) is 5.92 Å². The third-order valence-corrected chi connectivity index (χ3v) is 4.55. The Kier molecular flexibility index (Phi) is 4.26. The first-order chi connectivity index (χ1) is 8.98. The van der Waals surface area contributed by atoms with E-state index in [1.807, 2.05) is 6.92 Å². The number of halogens is 1. The summed E-state index contributed by atoms with van der Waals surface area (Å²) in [5, 5.41) is 10.7. The molecule has 0 aliphatic heterocycles. The molecule has 1 aromatic rings. The van der Waals surface area contributed by atoms with Crippen LogP contribution in [0, 0.1) is 18.7 Å². The van der Waals surface area contributed by atoms with Crippen molar-refractivity contribution in [2.75, 3.05) is 7.11 Å². The topological polar surface area (TPSA) is 29.5 Å². The van der Waals surface area contributed by atoms with Gasteiger partial charge in [-0.15, -0.1) is 0 Å². The highest BCUT2D eigenvalue weighted by molar-refractivity contribution is 5.30. The molecule has 1 N–H and O–H groups in total. The molecule has 1 unspecified atom stereocenters. The molecule has 19 heavy (non-hydrogen) atoms. The SMILES string of the molecule is COC1(C(O)c2ccc(F)cc2C)CCC(C)CC1. The number of methoxy groups -OCH3 is 1. The number of ether oxygens (including phenoxy) is 1. The second-order valence-electron chi connectivity index (χ2n) is 5.85. The number of hydrogen-bond acceptors (Lipinski definition) is 2. The van der Waals surface area contributed by atoms with E-state index in [0.717, 1.165) is 36.8 Å². The molecule has 0 radical (unpaired) electrons. The summed E-state index contributed by atoms with van der Waals surface area (Å²) in [4.78, 5) is 0. The van der Waals surface area contributed by atoms with Crippen LogP contribution in [-0.2, 0) is 4.74 Å². The van der Waals surface area contributed by atoms with Gasteiger partial charge in [0.05, 0.1) is 5.60 Å². The number of hydrogen-bond donors (Lipinski definition) is 1. The molecule has 1 aromatic carbocycles. The zero-order valence-corrected chi connectivity index (χ0v) is 11.9. The fraction of sp³-hybridized carbons (Fsp3) is 0.625. The van der Waals surface area contributed by atoms with E-state index in [-0.39, 0.29) is 5.82 Å². The first-order valence-electron chi connectivity index (χ1n) is 6.98. The molecule has 0 amide bonds. The van der Waals surface area contributed by atoms with Crippen LogP contribution in [0.15, 0.2) is 18.2 Å². The van der Waals surface area contributed by atoms with E-state index in [2.05, 4.69) is 6.92 Å². The molecule has 0 aromatic heterocycles. The van der Waals surface area contributed by atoms with Gasteiger partial charge in [0.25, 0.3) is 0 Å². The number of benzene rings is 1. The standard InChI is InChI=1S/C16H23FO2/c1-11-6-8-16(19-3,9-7-11)15(18)14-5-4-13(17)10-12(14)2/h4-5,10-11,15,18H,6-9H2,1-3H3. The zero-order chi connectivity index (χ0) is 14.0. The van der Waals surface area contributed by atoms with Crippen LogP contribution in [0.3, 0.4) is 0 Å². The monoisotopic (exact) mass is 266 g/mol. The van der Waals surface area contributed by atoms with Crippen molar-refractivity contribution in [1.29, 1.82) is 0 Å². The fourth-order valence-electron chi connectivity index (χ4n) is 3.07. The van der Waals surface area contributed by atoms with Gasteiger partial charge >= 0.3 is 0 Å². The average Bonchev–Trinajstić information content (AvgIpc) is 2.39. The molecule has 2 rings (SSSR count). The molecule has 0 spiro atoms. The van der Waals surface area contributed by atoms with Crippen molar-refractivity contribution < 1.29 is 14.2 Å². The van der Waals surface area contributed by atoms with Gasteiger partial charge in [0.1, 0.15) is 11.9 Å². The van der Waals surface area contributed by atoms with Crippen LogP contribution in [0.1, 0.15) is 49.8 Å². The van der Waals surface area contributed by atoms with Crippen LogP contribution in [0.2, 0.25) is 0 Å². The molecule has 1 saturated carbocycles. The molecule has 1 fully saturated rings. The summed E-state index contributed by atoms with van der Waals surface area (Å²) in [6.45, 7) is 4.06. The summed E-state index contributed by atoms with van der Waals surface area (Å²) < 4.78 is 18.9. The van der Waals surface area contributed by atoms with E-state index in [9.17, 15) is 9.50 Å². The first kappa shape index (κ1) is 14.5. The van der Waals surface area contributed by atoms with Crippen LogP contribution in [-0.4, -0.2) is 17.8 Å². The van der Waals surface area contributed by atoms with Gasteiger partial charge in [-0.05, 0) is 61.8 Å². The summed E-state index contributed by atoms with van der Waals surface area (Å²) in [6, 6.07) is 4.54. The van der Waals surface area contributed by atoms with Crippen molar-refractivity contribution in [3.8, 4) is 0 Å². The molecular formula is C16H23FO2. The minimum atomic E-state index is -0.689. The molecule has 0 bridgehead atoms. The smallest absolute Gasteiger partial charge is 0.123 e. The Morgan fingerprint density at radius 2 is 2.00 bits per heavy atom. The zero-order valence-electron chi connectivity index (χ0n) is 11.9. The third-order valence-electron chi connectivity index (χ3n) is 4.55. The largest absolute Gasteiger partial charge is 0.385 e. The number of aryl methyl sites for hydroxylation is 1. The lowest BCUT2D eigenvalue weighted by molar-refractivity contribution is -0.130. The van der Waals surface area contributed by atoms with Crippen LogP contribution in [0.4, 0.5) is 4.39 Å². The number of aliphatic hydroxyl groups is 1. The maximum absolute atomic E-state index is 13.2. The predicted molar refractivity (Wildman–Crippen MR) is 73.5 cm³/mol. The molecule has 106 valence electrons. The van der Waals surface area contributed by atoms with Crippen LogP contribution < -0.4 is 0 Å². The van der Waals surface area contributed by atoms with Gasteiger partial charge in [-0.1, -0.05) is 13.0 Å². The van der Waals surface area contributed by atoms with Crippen molar-refractivity contribution in [3.05, 3.63) is 35.1 Å². The minimum Gasteiger partial charge on any atom is -0.385 e. The summed E-state index contributed by atoms with van der Waals surface area (Å²) in [6.07, 6.45) is 3.13. The third kappa shape index (κ3) is 2.82. The van der Waals surface area contributed by atoms with E-state index < -0.39 is 11.7 Å². The Bertz CT molecular complexity index is 436. The van der Waals surface area contributed by atoms with Gasteiger partial charge in [-0.2, -0.15) is 0 Å². The molecular weight excluding hydrogens is 243 g/mol. The summed E-state index contributed by atoms with van der Waals surface area (Å²) in [5.74, 6) is 0.418. The van der Waals surface area contributed by atoms with E-state index >= 15 is 0 Å². The van der Waals surface area contributed by atoms with Gasteiger partial charge in [-0.25, -0.2) is 4.39 Å². The van der Waals surface area contributed by atoms with Crippen molar-refractivity contribution in [3.63, 3.8) is 0 Å². The highest BCUT2D eigenvalue weighted by Crippen LogP contribution is 2.43. The van der Waals surface area contributed by atoms with Crippen LogP contribution in [0.25, 0.3) is 0 Å². The minimum absolute atomic E-state index is 0.266. The van der Waals surface area contributed by atoms with Crippen molar-refractivity contribution in [1.82, 2.24) is 0 Å². The predicted octanol–water partition coefficient (Wildman–Crippen LogP) is 3.76. The number of rotatable bonds is 3. The molecule has 3 heteroatoms. The van der Waals surface area contributed by atoms with Gasteiger partial charge in [0.15, 0.2) is 0 Å². The van der Waals surface area contributed by atoms with E-state index in [4.69, 9.17) is 4.74 Å². The van der Waals surface area contributed by atoms with Gasteiger partial charge in [0, 0.05) is 7.11 Å². The molecule has 0 saturated heterocycles. The molecule has 1 aliphatic rings. The van der Waals surface area contributed by atoms with E-state index in [0.29, 0.717) is 5.92 Å². The maximum Gasteiger partial charge on any atom is 0.123 e.